The van der Waals surface area contributed by atoms with Gasteiger partial charge in [-0.2, -0.15) is 0 Å². The van der Waals surface area contributed by atoms with Gasteiger partial charge >= 0.3 is 0 Å². The molecule has 2 rings (SSSR count). The third kappa shape index (κ3) is 4.77. The van der Waals surface area contributed by atoms with Crippen molar-refractivity contribution in [2.45, 2.75) is 17.7 Å². The Morgan fingerprint density at radius 2 is 1.95 bits per heavy atom. The summed E-state index contributed by atoms with van der Waals surface area (Å²) < 4.78 is 5.41. The quantitative estimate of drug-likeness (QED) is 0.784. The zero-order valence-electron chi connectivity index (χ0n) is 12.3. The molecule has 0 atom stereocenters. The predicted octanol–water partition coefficient (Wildman–Crippen LogP) is 2.50. The summed E-state index contributed by atoms with van der Waals surface area (Å²) in [6, 6.07) is 10.5. The van der Waals surface area contributed by atoms with Crippen molar-refractivity contribution in [3.63, 3.8) is 0 Å². The fourth-order valence-corrected chi connectivity index (χ4v) is 3.65. The van der Waals surface area contributed by atoms with Gasteiger partial charge in [-0.3, -0.25) is 0 Å². The molecule has 3 nitrogen and oxygen atoms in total. The zero-order chi connectivity index (χ0) is 14.3. The van der Waals surface area contributed by atoms with Crippen LogP contribution >= 0.6 is 11.8 Å². The Morgan fingerprint density at radius 3 is 2.60 bits per heavy atom. The summed E-state index contributed by atoms with van der Waals surface area (Å²) in [4.78, 5) is 3.67. The topological polar surface area (TPSA) is 32.7 Å². The highest BCUT2D eigenvalue weighted by Crippen LogP contribution is 2.30. The molecule has 0 saturated carbocycles. The molecule has 1 fully saturated rings. The lowest BCUT2D eigenvalue weighted by atomic mass is 9.80. The van der Waals surface area contributed by atoms with Gasteiger partial charge in [-0.25, -0.2) is 0 Å². The molecule has 0 unspecified atom stereocenters. The molecule has 0 aromatic heterocycles. The second kappa shape index (κ2) is 8.03. The molecule has 0 radical (unpaired) electrons. The number of hydrogen-bond acceptors (Lipinski definition) is 4. The summed E-state index contributed by atoms with van der Waals surface area (Å²) in [6.45, 7) is 3.84. The molecule has 1 aromatic rings. The number of ether oxygens (including phenoxy) is 1. The van der Waals surface area contributed by atoms with Gasteiger partial charge in [0.15, 0.2) is 0 Å². The van der Waals surface area contributed by atoms with Gasteiger partial charge in [-0.05, 0) is 32.0 Å². The van der Waals surface area contributed by atoms with Gasteiger partial charge in [-0.15, -0.1) is 11.8 Å². The second-order valence-corrected chi connectivity index (χ2v) is 6.84. The van der Waals surface area contributed by atoms with E-state index in [1.165, 1.54) is 4.90 Å². The van der Waals surface area contributed by atoms with Gasteiger partial charge in [0.25, 0.3) is 0 Å². The first-order chi connectivity index (χ1) is 9.74. The van der Waals surface area contributed by atoms with E-state index in [2.05, 4.69) is 36.2 Å². The van der Waals surface area contributed by atoms with Gasteiger partial charge in [0.1, 0.15) is 0 Å². The van der Waals surface area contributed by atoms with Crippen molar-refractivity contribution in [2.24, 2.45) is 5.41 Å². The average Bonchev–Trinajstić information content (AvgIpc) is 2.49. The zero-order valence-corrected chi connectivity index (χ0v) is 13.1. The van der Waals surface area contributed by atoms with Gasteiger partial charge in [0.05, 0.1) is 6.61 Å². The van der Waals surface area contributed by atoms with Crippen LogP contribution in [-0.2, 0) is 4.74 Å². The van der Waals surface area contributed by atoms with Crippen LogP contribution < -0.4 is 0 Å². The van der Waals surface area contributed by atoms with Crippen molar-refractivity contribution in [3.8, 4) is 0 Å². The second-order valence-electron chi connectivity index (χ2n) is 5.67. The molecule has 20 heavy (non-hydrogen) atoms. The number of aliphatic hydroxyl groups excluding tert-OH is 1. The minimum Gasteiger partial charge on any atom is -0.396 e. The monoisotopic (exact) mass is 295 g/mol. The Balaban J connectivity index is 1.73. The molecule has 1 saturated heterocycles. The number of aliphatic hydroxyl groups is 1. The summed E-state index contributed by atoms with van der Waals surface area (Å²) in [5.74, 6) is 1.08. The minimum absolute atomic E-state index is 0.0460. The Bertz CT molecular complexity index is 379. The smallest absolute Gasteiger partial charge is 0.0501 e. The first-order valence-corrected chi connectivity index (χ1v) is 8.28. The molecule has 1 aliphatic heterocycles. The summed E-state index contributed by atoms with van der Waals surface area (Å²) >= 11 is 1.89. The van der Waals surface area contributed by atoms with Gasteiger partial charge in [0.2, 0.25) is 0 Å². The third-order valence-electron chi connectivity index (χ3n) is 3.98. The van der Waals surface area contributed by atoms with E-state index in [0.717, 1.165) is 44.9 Å². The molecule has 1 aromatic carbocycles. The van der Waals surface area contributed by atoms with E-state index < -0.39 is 0 Å². The highest BCUT2D eigenvalue weighted by molar-refractivity contribution is 7.99. The Labute approximate surface area is 126 Å². The van der Waals surface area contributed by atoms with Gasteiger partial charge in [-0.1, -0.05) is 18.2 Å². The lowest BCUT2D eigenvalue weighted by molar-refractivity contribution is -0.0301. The van der Waals surface area contributed by atoms with Crippen LogP contribution in [0.3, 0.4) is 0 Å². The van der Waals surface area contributed by atoms with Crippen molar-refractivity contribution < 1.29 is 9.84 Å². The highest BCUT2D eigenvalue weighted by atomic mass is 32.2. The van der Waals surface area contributed by atoms with E-state index in [0.29, 0.717) is 0 Å². The molecule has 112 valence electrons. The standard InChI is InChI=1S/C16H25NO2S/c1-17(9-12-20-15-5-3-2-4-6-15)13-16(14-18)7-10-19-11-8-16/h2-6,18H,7-14H2,1H3. The predicted molar refractivity (Wildman–Crippen MR) is 84.2 cm³/mol. The molecule has 1 aliphatic rings. The third-order valence-corrected chi connectivity index (χ3v) is 4.97. The highest BCUT2D eigenvalue weighted by Gasteiger charge is 2.32. The number of thioether (sulfide) groups is 1. The van der Waals surface area contributed by atoms with Gasteiger partial charge in [0, 0.05) is 42.4 Å². The number of rotatable bonds is 7. The molecule has 0 spiro atoms. The van der Waals surface area contributed by atoms with Crippen molar-refractivity contribution in [2.75, 3.05) is 45.7 Å². The van der Waals surface area contributed by atoms with Crippen molar-refractivity contribution >= 4 is 11.8 Å². The Hall–Kier alpha value is -0.550. The average molecular weight is 295 g/mol. The van der Waals surface area contributed by atoms with E-state index >= 15 is 0 Å². The van der Waals surface area contributed by atoms with Crippen LogP contribution in [0.1, 0.15) is 12.8 Å². The van der Waals surface area contributed by atoms with Crippen LogP contribution in [-0.4, -0.2) is 55.7 Å². The fourth-order valence-electron chi connectivity index (χ4n) is 2.66. The number of benzene rings is 1. The van der Waals surface area contributed by atoms with Crippen LogP contribution in [0.2, 0.25) is 0 Å². The SMILES string of the molecule is CN(CCSc1ccccc1)CC1(CO)CCOCC1. The van der Waals surface area contributed by atoms with Crippen LogP contribution in [0.5, 0.6) is 0 Å². The normalized spacial score (nSPS) is 18.4. The van der Waals surface area contributed by atoms with E-state index in [-0.39, 0.29) is 12.0 Å². The van der Waals surface area contributed by atoms with Crippen LogP contribution in [0.15, 0.2) is 35.2 Å². The first kappa shape index (κ1) is 15.8. The van der Waals surface area contributed by atoms with E-state index in [1.54, 1.807) is 0 Å². The van der Waals surface area contributed by atoms with Gasteiger partial charge < -0.3 is 14.7 Å². The van der Waals surface area contributed by atoms with Crippen molar-refractivity contribution in [1.82, 2.24) is 4.90 Å². The lowest BCUT2D eigenvalue weighted by Crippen LogP contribution is -2.43. The maximum absolute atomic E-state index is 9.71. The number of nitrogens with zero attached hydrogens (tertiary/aromatic N) is 1. The molecule has 1 N–H and O–H groups in total. The maximum atomic E-state index is 9.71. The molecule has 0 bridgehead atoms. The van der Waals surface area contributed by atoms with E-state index in [4.69, 9.17) is 4.74 Å². The molecular formula is C16H25NO2S. The number of hydrogen-bond donors (Lipinski definition) is 1. The maximum Gasteiger partial charge on any atom is 0.0501 e. The minimum atomic E-state index is 0.0460. The summed E-state index contributed by atoms with van der Waals surface area (Å²) in [7, 11) is 2.15. The Morgan fingerprint density at radius 1 is 1.25 bits per heavy atom. The van der Waals surface area contributed by atoms with E-state index in [9.17, 15) is 5.11 Å². The summed E-state index contributed by atoms with van der Waals surface area (Å²) in [6.07, 6.45) is 1.94. The Kier molecular flexibility index (Phi) is 6.36. The first-order valence-electron chi connectivity index (χ1n) is 7.29. The molecule has 0 aliphatic carbocycles. The largest absolute Gasteiger partial charge is 0.396 e. The van der Waals surface area contributed by atoms with Crippen molar-refractivity contribution in [3.05, 3.63) is 30.3 Å². The molecule has 1 heterocycles. The summed E-state index contributed by atoms with van der Waals surface area (Å²) in [5.41, 5.74) is 0.0460. The molecular weight excluding hydrogens is 270 g/mol. The fraction of sp³-hybridized carbons (Fsp3) is 0.625. The van der Waals surface area contributed by atoms with E-state index in [1.807, 2.05) is 17.8 Å². The molecule has 0 amide bonds. The summed E-state index contributed by atoms with van der Waals surface area (Å²) in [5, 5.41) is 9.71. The van der Waals surface area contributed by atoms with Crippen LogP contribution in [0.25, 0.3) is 0 Å². The molecule has 4 heteroatoms. The van der Waals surface area contributed by atoms with Crippen molar-refractivity contribution in [1.29, 1.82) is 0 Å². The van der Waals surface area contributed by atoms with Crippen LogP contribution in [0, 0.1) is 5.41 Å². The lowest BCUT2D eigenvalue weighted by Gasteiger charge is -2.38. The van der Waals surface area contributed by atoms with Crippen LogP contribution in [0.4, 0.5) is 0 Å².